The molecule has 1 aromatic carbocycles. The van der Waals surface area contributed by atoms with Crippen LogP contribution in [0.25, 0.3) is 10.2 Å². The second-order valence-electron chi connectivity index (χ2n) is 4.73. The zero-order valence-electron chi connectivity index (χ0n) is 11.4. The van der Waals surface area contributed by atoms with E-state index in [1.807, 2.05) is 24.3 Å². The van der Waals surface area contributed by atoms with Gasteiger partial charge in [-0.25, -0.2) is 4.98 Å². The predicted molar refractivity (Wildman–Crippen MR) is 78.9 cm³/mol. The second-order valence-corrected chi connectivity index (χ2v) is 5.85. The van der Waals surface area contributed by atoms with Crippen molar-refractivity contribution in [1.29, 1.82) is 0 Å². The Kier molecular flexibility index (Phi) is 4.12. The monoisotopic (exact) mass is 305 g/mol. The number of hydrogen-bond donors (Lipinski definition) is 1. The van der Waals surface area contributed by atoms with Gasteiger partial charge in [-0.3, -0.25) is 9.59 Å². The van der Waals surface area contributed by atoms with Gasteiger partial charge >= 0.3 is 0 Å². The minimum absolute atomic E-state index is 0.0246. The van der Waals surface area contributed by atoms with E-state index in [-0.39, 0.29) is 25.0 Å². The van der Waals surface area contributed by atoms with E-state index in [2.05, 4.69) is 10.3 Å². The first kappa shape index (κ1) is 14.0. The van der Waals surface area contributed by atoms with Gasteiger partial charge in [0.25, 0.3) is 0 Å². The molecule has 2 amide bonds. The molecule has 1 fully saturated rings. The summed E-state index contributed by atoms with van der Waals surface area (Å²) < 4.78 is 6.53. The molecule has 1 N–H and O–H groups in total. The summed E-state index contributed by atoms with van der Waals surface area (Å²) >= 11 is 1.56. The molecule has 7 heteroatoms. The molecule has 2 heterocycles. The molecule has 0 spiro atoms. The van der Waals surface area contributed by atoms with E-state index in [1.54, 1.807) is 11.3 Å². The molecule has 1 aliphatic rings. The number of nitrogens with one attached hydrogen (secondary N) is 1. The Hall–Kier alpha value is -1.99. The molecule has 1 saturated heterocycles. The molecule has 0 aliphatic carbocycles. The lowest BCUT2D eigenvalue weighted by Crippen LogP contribution is -2.50. The molecular weight excluding hydrogens is 290 g/mol. The first-order chi connectivity index (χ1) is 10.2. The maximum atomic E-state index is 11.9. The first-order valence-electron chi connectivity index (χ1n) is 6.69. The number of benzene rings is 1. The van der Waals surface area contributed by atoms with Crippen molar-refractivity contribution in [3.8, 4) is 0 Å². The molecule has 6 nitrogen and oxygen atoms in total. The third kappa shape index (κ3) is 3.37. The minimum atomic E-state index is -0.161. The largest absolute Gasteiger partial charge is 0.364 e. The fourth-order valence-electron chi connectivity index (χ4n) is 2.15. The normalized spacial score (nSPS) is 15.2. The molecular formula is C14H15N3O3S. The van der Waals surface area contributed by atoms with Gasteiger partial charge in [-0.2, -0.15) is 0 Å². The van der Waals surface area contributed by atoms with E-state index in [4.69, 9.17) is 4.74 Å². The summed E-state index contributed by atoms with van der Waals surface area (Å²) in [5.74, 6) is -0.285. The Balaban J connectivity index is 1.51. The Morgan fingerprint density at radius 1 is 1.43 bits per heavy atom. The molecule has 0 saturated carbocycles. The lowest BCUT2D eigenvalue weighted by molar-refractivity contribution is -0.142. The predicted octanol–water partition coefficient (Wildman–Crippen LogP) is 0.771. The fourth-order valence-corrected chi connectivity index (χ4v) is 3.06. The maximum Gasteiger partial charge on any atom is 0.249 e. The number of carbonyl (C=O) groups excluding carboxylic acids is 2. The number of amides is 2. The smallest absolute Gasteiger partial charge is 0.249 e. The van der Waals surface area contributed by atoms with E-state index in [1.165, 1.54) is 4.90 Å². The first-order valence-corrected chi connectivity index (χ1v) is 7.51. The highest BCUT2D eigenvalue weighted by atomic mass is 32.1. The average molecular weight is 305 g/mol. The SMILES string of the molecule is O=C1CN(C(=O)COCc2nc3ccccc3s2)CCN1. The van der Waals surface area contributed by atoms with Crippen molar-refractivity contribution >= 4 is 33.4 Å². The number of piperazine rings is 1. The highest BCUT2D eigenvalue weighted by Crippen LogP contribution is 2.21. The lowest BCUT2D eigenvalue weighted by atomic mass is 10.3. The number of thiazole rings is 1. The quantitative estimate of drug-likeness (QED) is 0.906. The Labute approximate surface area is 125 Å². The van der Waals surface area contributed by atoms with Crippen LogP contribution >= 0.6 is 11.3 Å². The number of rotatable bonds is 4. The van der Waals surface area contributed by atoms with Crippen LogP contribution in [0.15, 0.2) is 24.3 Å². The molecule has 0 atom stereocenters. The highest BCUT2D eigenvalue weighted by molar-refractivity contribution is 7.18. The number of ether oxygens (including phenoxy) is 1. The van der Waals surface area contributed by atoms with Crippen LogP contribution in [0.5, 0.6) is 0 Å². The van der Waals surface area contributed by atoms with Crippen LogP contribution in [0.2, 0.25) is 0 Å². The van der Waals surface area contributed by atoms with Crippen LogP contribution < -0.4 is 5.32 Å². The van der Waals surface area contributed by atoms with Gasteiger partial charge in [0.2, 0.25) is 11.8 Å². The van der Waals surface area contributed by atoms with Crippen molar-refractivity contribution in [3.05, 3.63) is 29.3 Å². The van der Waals surface area contributed by atoms with Gasteiger partial charge in [0.1, 0.15) is 11.6 Å². The highest BCUT2D eigenvalue weighted by Gasteiger charge is 2.20. The van der Waals surface area contributed by atoms with Crippen molar-refractivity contribution in [1.82, 2.24) is 15.2 Å². The number of aromatic nitrogens is 1. The van der Waals surface area contributed by atoms with Crippen LogP contribution in [-0.2, 0) is 20.9 Å². The average Bonchev–Trinajstić information content (AvgIpc) is 2.89. The molecule has 21 heavy (non-hydrogen) atoms. The summed E-state index contributed by atoms with van der Waals surface area (Å²) in [7, 11) is 0. The van der Waals surface area contributed by atoms with E-state index in [9.17, 15) is 9.59 Å². The van der Waals surface area contributed by atoms with Crippen LogP contribution in [0.1, 0.15) is 5.01 Å². The number of nitrogens with zero attached hydrogens (tertiary/aromatic N) is 2. The molecule has 3 rings (SSSR count). The van der Waals surface area contributed by atoms with E-state index in [0.29, 0.717) is 19.7 Å². The van der Waals surface area contributed by atoms with Crippen molar-refractivity contribution in [2.75, 3.05) is 26.2 Å². The molecule has 1 aliphatic heterocycles. The summed E-state index contributed by atoms with van der Waals surface area (Å²) in [6, 6.07) is 7.87. The minimum Gasteiger partial charge on any atom is -0.364 e. The van der Waals surface area contributed by atoms with Crippen LogP contribution in [0.3, 0.4) is 0 Å². The van der Waals surface area contributed by atoms with Gasteiger partial charge in [-0.15, -0.1) is 11.3 Å². The summed E-state index contributed by atoms with van der Waals surface area (Å²) in [6.45, 7) is 1.44. The number of hydrogen-bond acceptors (Lipinski definition) is 5. The van der Waals surface area contributed by atoms with Crippen molar-refractivity contribution in [3.63, 3.8) is 0 Å². The van der Waals surface area contributed by atoms with Crippen LogP contribution in [0.4, 0.5) is 0 Å². The number of carbonyl (C=O) groups is 2. The Morgan fingerprint density at radius 3 is 3.10 bits per heavy atom. The van der Waals surface area contributed by atoms with Crippen molar-refractivity contribution < 1.29 is 14.3 Å². The molecule has 0 radical (unpaired) electrons. The summed E-state index contributed by atoms with van der Waals surface area (Å²) in [6.07, 6.45) is 0. The number of fused-ring (bicyclic) bond motifs is 1. The van der Waals surface area contributed by atoms with Gasteiger partial charge in [0.15, 0.2) is 0 Å². The summed E-state index contributed by atoms with van der Waals surface area (Å²) in [5, 5.41) is 3.53. The molecule has 0 unspecified atom stereocenters. The Bertz CT molecular complexity index is 637. The molecule has 2 aromatic rings. The van der Waals surface area contributed by atoms with Gasteiger partial charge in [0.05, 0.1) is 23.4 Å². The van der Waals surface area contributed by atoms with E-state index >= 15 is 0 Å². The topological polar surface area (TPSA) is 71.5 Å². The number of para-hydroxylation sites is 1. The Morgan fingerprint density at radius 2 is 2.29 bits per heavy atom. The molecule has 1 aromatic heterocycles. The van der Waals surface area contributed by atoms with Gasteiger partial charge in [-0.05, 0) is 12.1 Å². The van der Waals surface area contributed by atoms with Crippen LogP contribution in [0, 0.1) is 0 Å². The van der Waals surface area contributed by atoms with E-state index < -0.39 is 0 Å². The van der Waals surface area contributed by atoms with Gasteiger partial charge in [0, 0.05) is 13.1 Å². The standard InChI is InChI=1S/C14H15N3O3S/c18-12-7-17(6-5-15-12)14(19)9-20-8-13-16-10-3-1-2-4-11(10)21-13/h1-4H,5-9H2,(H,15,18). The van der Waals surface area contributed by atoms with Crippen molar-refractivity contribution in [2.45, 2.75) is 6.61 Å². The molecule has 110 valence electrons. The second kappa shape index (κ2) is 6.19. The van der Waals surface area contributed by atoms with Crippen LogP contribution in [-0.4, -0.2) is 47.9 Å². The fraction of sp³-hybridized carbons (Fsp3) is 0.357. The van der Waals surface area contributed by atoms with Gasteiger partial charge in [-0.1, -0.05) is 12.1 Å². The maximum absolute atomic E-state index is 11.9. The molecule has 0 bridgehead atoms. The lowest BCUT2D eigenvalue weighted by Gasteiger charge is -2.26. The van der Waals surface area contributed by atoms with Gasteiger partial charge < -0.3 is 15.0 Å². The zero-order chi connectivity index (χ0) is 14.7. The zero-order valence-corrected chi connectivity index (χ0v) is 12.2. The van der Waals surface area contributed by atoms with E-state index in [0.717, 1.165) is 15.2 Å². The third-order valence-electron chi connectivity index (χ3n) is 3.18. The summed E-state index contributed by atoms with van der Waals surface area (Å²) in [5.41, 5.74) is 0.945. The third-order valence-corrected chi connectivity index (χ3v) is 4.19. The van der Waals surface area contributed by atoms with Crippen molar-refractivity contribution in [2.24, 2.45) is 0 Å². The summed E-state index contributed by atoms with van der Waals surface area (Å²) in [4.78, 5) is 29.1.